The van der Waals surface area contributed by atoms with Crippen LogP contribution < -0.4 is 0 Å². The third-order valence-corrected chi connectivity index (χ3v) is 7.09. The number of halogens is 2. The van der Waals surface area contributed by atoms with Gasteiger partial charge in [-0.25, -0.2) is 4.39 Å². The summed E-state index contributed by atoms with van der Waals surface area (Å²) in [6, 6.07) is 7.75. The number of carbonyl (C=O) groups excluding carboxylic acids is 1. The maximum Gasteiger partial charge on any atom is 0.249 e. The minimum absolute atomic E-state index is 0.125. The first kappa shape index (κ1) is 38.7. The highest BCUT2D eigenvalue weighted by Gasteiger charge is 2.26. The summed E-state index contributed by atoms with van der Waals surface area (Å²) in [4.78, 5) is 17.1. The summed E-state index contributed by atoms with van der Waals surface area (Å²) in [5.74, 6) is 0.504. The molecule has 1 unspecified atom stereocenters. The van der Waals surface area contributed by atoms with Gasteiger partial charge in [-0.3, -0.25) is 4.79 Å². The van der Waals surface area contributed by atoms with E-state index >= 15 is 0 Å². The number of alkyl halides is 1. The van der Waals surface area contributed by atoms with Crippen molar-refractivity contribution < 1.29 is 9.18 Å². The second-order valence-corrected chi connectivity index (χ2v) is 10.5. The highest BCUT2D eigenvalue weighted by Crippen LogP contribution is 2.23. The molecule has 1 heterocycles. The lowest BCUT2D eigenvalue weighted by Crippen LogP contribution is -2.40. The molecule has 1 aromatic rings. The summed E-state index contributed by atoms with van der Waals surface area (Å²) in [6.45, 7) is 19.5. The molecule has 1 aromatic carbocycles. The van der Waals surface area contributed by atoms with Gasteiger partial charge in [-0.15, -0.1) is 0 Å². The third kappa shape index (κ3) is 16.7. The fraction of sp³-hybridized carbons (Fsp3) is 0.618. The van der Waals surface area contributed by atoms with E-state index in [-0.39, 0.29) is 5.91 Å². The van der Waals surface area contributed by atoms with Crippen LogP contribution in [0, 0.1) is 12.8 Å². The van der Waals surface area contributed by atoms with E-state index in [1.165, 1.54) is 5.56 Å². The lowest BCUT2D eigenvalue weighted by atomic mass is 9.92. The van der Waals surface area contributed by atoms with Gasteiger partial charge in [-0.1, -0.05) is 82.1 Å². The van der Waals surface area contributed by atoms with Crippen molar-refractivity contribution in [3.63, 3.8) is 0 Å². The zero-order chi connectivity index (χ0) is 31.2. The third-order valence-electron chi connectivity index (χ3n) is 6.83. The molecule has 0 bridgehead atoms. The molecule has 1 aliphatic carbocycles. The van der Waals surface area contributed by atoms with Crippen LogP contribution in [0.3, 0.4) is 0 Å². The van der Waals surface area contributed by atoms with Crippen molar-refractivity contribution in [2.24, 2.45) is 16.1 Å². The number of rotatable bonds is 6. The van der Waals surface area contributed by atoms with Crippen LogP contribution in [-0.4, -0.2) is 66.5 Å². The van der Waals surface area contributed by atoms with Crippen molar-refractivity contribution in [3.8, 4) is 0 Å². The minimum Gasteiger partial charge on any atom is -0.339 e. The summed E-state index contributed by atoms with van der Waals surface area (Å²) in [7, 11) is 2.07. The van der Waals surface area contributed by atoms with Crippen molar-refractivity contribution >= 4 is 28.9 Å². The predicted octanol–water partition coefficient (Wildman–Crippen LogP) is 9.11. The Balaban J connectivity index is 0.00000112. The second-order valence-electron chi connectivity index (χ2n) is 10.1. The van der Waals surface area contributed by atoms with E-state index in [1.54, 1.807) is 6.08 Å². The Labute approximate surface area is 255 Å². The quantitative estimate of drug-likeness (QED) is 0.188. The van der Waals surface area contributed by atoms with Crippen molar-refractivity contribution in [3.05, 3.63) is 58.7 Å². The molecule has 2 aliphatic rings. The fourth-order valence-corrected chi connectivity index (χ4v) is 4.43. The van der Waals surface area contributed by atoms with Gasteiger partial charge >= 0.3 is 0 Å². The zero-order valence-corrected chi connectivity index (χ0v) is 28.0. The van der Waals surface area contributed by atoms with Crippen molar-refractivity contribution in [1.82, 2.24) is 9.80 Å². The van der Waals surface area contributed by atoms with E-state index in [0.717, 1.165) is 67.5 Å². The highest BCUT2D eigenvalue weighted by atomic mass is 35.5. The Morgan fingerprint density at radius 2 is 1.63 bits per heavy atom. The molecule has 1 amide bonds. The summed E-state index contributed by atoms with van der Waals surface area (Å²) < 4.78 is 13.6. The minimum atomic E-state index is -0.896. The Bertz CT molecular complexity index is 942. The monoisotopic (exact) mass is 590 g/mol. The van der Waals surface area contributed by atoms with Gasteiger partial charge in [-0.05, 0) is 85.0 Å². The summed E-state index contributed by atoms with van der Waals surface area (Å²) in [6.07, 6.45) is 8.89. The second kappa shape index (κ2) is 23.3. The number of likely N-dealkylation sites (tertiary alicyclic amines) is 1. The standard InChI is InChI=1S/C23H37FN4O.C7H7Cl.2C2H6/c1-5-27(4)17-18(2)25-26-19(3)20-13-15-28(16-14-20)23(29)21-9-6-7-11-22(24)12-8-10-21;1-6-2-4-7(8)5-3-6;2*1-2/h7,10-11,20,22H,5-6,8-9,12-17H2,1-4H3;2-5H,1H3;2*1-2H3/b11-7-,21-10+,25-18+,26-19+;;;. The number of piperidine rings is 1. The Morgan fingerprint density at radius 1 is 1.02 bits per heavy atom. The number of carbonyl (C=O) groups is 1. The van der Waals surface area contributed by atoms with Crippen LogP contribution in [0.2, 0.25) is 5.02 Å². The Kier molecular flexibility index (Phi) is 22.0. The molecule has 1 atom stereocenters. The van der Waals surface area contributed by atoms with Crippen LogP contribution in [0.5, 0.6) is 0 Å². The molecular weight excluding hydrogens is 535 g/mol. The van der Waals surface area contributed by atoms with E-state index in [9.17, 15) is 9.18 Å². The maximum atomic E-state index is 13.6. The zero-order valence-electron chi connectivity index (χ0n) is 27.2. The number of aryl methyl sites for hydroxylation is 1. The summed E-state index contributed by atoms with van der Waals surface area (Å²) in [5, 5.41) is 9.64. The first-order valence-electron chi connectivity index (χ1n) is 15.5. The molecule has 1 saturated heterocycles. The van der Waals surface area contributed by atoms with Gasteiger partial charge in [0.05, 0.1) is 5.71 Å². The largest absolute Gasteiger partial charge is 0.339 e. The molecule has 232 valence electrons. The number of hydrogen-bond donors (Lipinski definition) is 0. The van der Waals surface area contributed by atoms with Gasteiger partial charge in [0, 0.05) is 41.9 Å². The molecule has 0 spiro atoms. The molecule has 7 heteroatoms. The van der Waals surface area contributed by atoms with Crippen LogP contribution >= 0.6 is 11.6 Å². The van der Waals surface area contributed by atoms with Gasteiger partial charge in [-0.2, -0.15) is 10.2 Å². The van der Waals surface area contributed by atoms with Gasteiger partial charge in [0.15, 0.2) is 0 Å². The van der Waals surface area contributed by atoms with Crippen LogP contribution in [-0.2, 0) is 4.79 Å². The first-order chi connectivity index (χ1) is 19.7. The van der Waals surface area contributed by atoms with Gasteiger partial charge in [0.25, 0.3) is 0 Å². The van der Waals surface area contributed by atoms with Crippen LogP contribution in [0.25, 0.3) is 0 Å². The molecule has 1 fully saturated rings. The molecule has 41 heavy (non-hydrogen) atoms. The summed E-state index contributed by atoms with van der Waals surface area (Å²) in [5.41, 5.74) is 4.15. The Hall–Kier alpha value is -2.31. The van der Waals surface area contributed by atoms with Gasteiger partial charge in [0.1, 0.15) is 6.17 Å². The lowest BCUT2D eigenvalue weighted by Gasteiger charge is -2.32. The molecule has 0 aromatic heterocycles. The fourth-order valence-electron chi connectivity index (χ4n) is 4.31. The van der Waals surface area contributed by atoms with Crippen LogP contribution in [0.4, 0.5) is 4.39 Å². The van der Waals surface area contributed by atoms with E-state index < -0.39 is 6.17 Å². The van der Waals surface area contributed by atoms with E-state index in [0.29, 0.717) is 25.2 Å². The average Bonchev–Trinajstić information content (AvgIpc) is 3.11. The van der Waals surface area contributed by atoms with Crippen LogP contribution in [0.1, 0.15) is 92.6 Å². The molecular formula is C34H56ClFN4O. The summed E-state index contributed by atoms with van der Waals surface area (Å²) >= 11 is 5.61. The first-order valence-corrected chi connectivity index (χ1v) is 15.8. The topological polar surface area (TPSA) is 48.3 Å². The SMILES string of the molecule is CC.CC.CCN(C)C/C(C)=N/N=C(\C)C1CCN(C(=O)/C2=C/CCC(F)/C=C\CC2)CC1.Cc1ccc(Cl)cc1. The van der Waals surface area contributed by atoms with Crippen molar-refractivity contribution in [2.75, 3.05) is 33.2 Å². The van der Waals surface area contributed by atoms with Crippen molar-refractivity contribution in [1.29, 1.82) is 0 Å². The highest BCUT2D eigenvalue weighted by molar-refractivity contribution is 6.30. The Morgan fingerprint density at radius 3 is 2.20 bits per heavy atom. The number of benzene rings is 1. The van der Waals surface area contributed by atoms with E-state index in [4.69, 9.17) is 11.6 Å². The van der Waals surface area contributed by atoms with E-state index in [2.05, 4.69) is 29.1 Å². The molecule has 5 nitrogen and oxygen atoms in total. The average molecular weight is 591 g/mol. The molecule has 1 aliphatic heterocycles. The molecule has 0 saturated carbocycles. The number of allylic oxidation sites excluding steroid dienone is 3. The predicted molar refractivity (Wildman–Crippen MR) is 178 cm³/mol. The van der Waals surface area contributed by atoms with Gasteiger partial charge in [0.2, 0.25) is 5.91 Å². The normalized spacial score (nSPS) is 20.3. The maximum absolute atomic E-state index is 13.6. The van der Waals surface area contributed by atoms with Crippen LogP contribution in [0.15, 0.2) is 58.3 Å². The number of amides is 1. The molecule has 0 radical (unpaired) electrons. The molecule has 0 N–H and O–H groups in total. The van der Waals surface area contributed by atoms with E-state index in [1.807, 2.05) is 89.8 Å². The number of hydrogen-bond acceptors (Lipinski definition) is 4. The lowest BCUT2D eigenvalue weighted by molar-refractivity contribution is -0.128. The smallest absolute Gasteiger partial charge is 0.249 e. The number of nitrogens with zero attached hydrogens (tertiary/aromatic N) is 4. The van der Waals surface area contributed by atoms with Crippen molar-refractivity contribution in [2.45, 2.75) is 100 Å². The van der Waals surface area contributed by atoms with Gasteiger partial charge < -0.3 is 9.80 Å². The molecule has 3 rings (SSSR count).